The molecule has 1 amide bonds. The molecular formula is C16H30N2O. The fraction of sp³-hybridized carbons (Fsp3) is 0.938. The SMILES string of the molecule is CC1CC(C)CC(NC(=O)C2(N)CCCC(C)C2)C1. The molecule has 3 nitrogen and oxygen atoms in total. The predicted octanol–water partition coefficient (Wildman–Crippen LogP) is 2.83. The van der Waals surface area contributed by atoms with Gasteiger partial charge in [-0.2, -0.15) is 0 Å². The molecule has 2 aliphatic rings. The van der Waals surface area contributed by atoms with Gasteiger partial charge >= 0.3 is 0 Å². The quantitative estimate of drug-likeness (QED) is 0.807. The highest BCUT2D eigenvalue weighted by atomic mass is 16.2. The molecule has 0 aliphatic heterocycles. The molecule has 0 aromatic rings. The molecule has 4 atom stereocenters. The maximum Gasteiger partial charge on any atom is 0.240 e. The van der Waals surface area contributed by atoms with Gasteiger partial charge in [0.2, 0.25) is 5.91 Å². The van der Waals surface area contributed by atoms with Gasteiger partial charge in [-0.3, -0.25) is 4.79 Å². The number of nitrogens with two attached hydrogens (primary N) is 1. The Balaban J connectivity index is 1.92. The van der Waals surface area contributed by atoms with Gasteiger partial charge in [0.25, 0.3) is 0 Å². The topological polar surface area (TPSA) is 55.1 Å². The molecule has 3 heteroatoms. The van der Waals surface area contributed by atoms with Crippen molar-refractivity contribution in [3.8, 4) is 0 Å². The summed E-state index contributed by atoms with van der Waals surface area (Å²) in [5.74, 6) is 2.11. The minimum Gasteiger partial charge on any atom is -0.352 e. The van der Waals surface area contributed by atoms with Gasteiger partial charge in [0.1, 0.15) is 0 Å². The van der Waals surface area contributed by atoms with Crippen molar-refractivity contribution in [1.29, 1.82) is 0 Å². The summed E-state index contributed by atoms with van der Waals surface area (Å²) >= 11 is 0. The van der Waals surface area contributed by atoms with Crippen molar-refractivity contribution in [3.05, 3.63) is 0 Å². The van der Waals surface area contributed by atoms with Crippen LogP contribution in [0.2, 0.25) is 0 Å². The molecule has 2 aliphatic carbocycles. The monoisotopic (exact) mass is 266 g/mol. The van der Waals surface area contributed by atoms with Gasteiger partial charge < -0.3 is 11.1 Å². The van der Waals surface area contributed by atoms with Crippen LogP contribution in [-0.4, -0.2) is 17.5 Å². The fourth-order valence-corrected chi connectivity index (χ4v) is 4.19. The van der Waals surface area contributed by atoms with Crippen LogP contribution in [0.15, 0.2) is 0 Å². The largest absolute Gasteiger partial charge is 0.352 e. The van der Waals surface area contributed by atoms with Crippen LogP contribution in [0.5, 0.6) is 0 Å². The van der Waals surface area contributed by atoms with Gasteiger partial charge in [0, 0.05) is 6.04 Å². The summed E-state index contributed by atoms with van der Waals surface area (Å²) in [6.07, 6.45) is 7.50. The molecule has 0 aromatic heterocycles. The van der Waals surface area contributed by atoms with Gasteiger partial charge in [-0.1, -0.05) is 33.6 Å². The molecule has 0 heterocycles. The molecule has 0 saturated heterocycles. The Morgan fingerprint density at radius 3 is 2.32 bits per heavy atom. The van der Waals surface area contributed by atoms with E-state index in [0.29, 0.717) is 23.8 Å². The first-order valence-electron chi connectivity index (χ1n) is 7.99. The second kappa shape index (κ2) is 5.82. The van der Waals surface area contributed by atoms with Crippen LogP contribution >= 0.6 is 0 Å². The highest BCUT2D eigenvalue weighted by Crippen LogP contribution is 2.32. The van der Waals surface area contributed by atoms with E-state index >= 15 is 0 Å². The van der Waals surface area contributed by atoms with E-state index in [2.05, 4.69) is 26.1 Å². The van der Waals surface area contributed by atoms with Crippen molar-refractivity contribution < 1.29 is 4.79 Å². The lowest BCUT2D eigenvalue weighted by atomic mass is 9.75. The molecule has 19 heavy (non-hydrogen) atoms. The number of hydrogen-bond acceptors (Lipinski definition) is 2. The second-order valence-electron chi connectivity index (χ2n) is 7.45. The number of nitrogens with one attached hydrogen (secondary N) is 1. The van der Waals surface area contributed by atoms with Crippen molar-refractivity contribution in [2.24, 2.45) is 23.5 Å². The summed E-state index contributed by atoms with van der Waals surface area (Å²) in [7, 11) is 0. The molecule has 4 unspecified atom stereocenters. The van der Waals surface area contributed by atoms with Gasteiger partial charge in [-0.05, 0) is 49.9 Å². The van der Waals surface area contributed by atoms with E-state index in [0.717, 1.165) is 32.1 Å². The Morgan fingerprint density at radius 2 is 1.74 bits per heavy atom. The van der Waals surface area contributed by atoms with Crippen LogP contribution < -0.4 is 11.1 Å². The third-order valence-corrected chi connectivity index (χ3v) is 5.00. The van der Waals surface area contributed by atoms with Crippen LogP contribution in [0.1, 0.15) is 65.7 Å². The van der Waals surface area contributed by atoms with Crippen molar-refractivity contribution in [2.75, 3.05) is 0 Å². The first kappa shape index (κ1) is 14.8. The number of rotatable bonds is 2. The van der Waals surface area contributed by atoms with Crippen LogP contribution in [0, 0.1) is 17.8 Å². The Labute approximate surface area is 117 Å². The minimum atomic E-state index is -0.610. The van der Waals surface area contributed by atoms with E-state index < -0.39 is 5.54 Å². The summed E-state index contributed by atoms with van der Waals surface area (Å²) in [6, 6.07) is 0.337. The van der Waals surface area contributed by atoms with Gasteiger partial charge in [0.05, 0.1) is 5.54 Å². The first-order valence-corrected chi connectivity index (χ1v) is 7.99. The summed E-state index contributed by atoms with van der Waals surface area (Å²) in [5, 5.41) is 3.25. The molecule has 0 bridgehead atoms. The van der Waals surface area contributed by atoms with Crippen molar-refractivity contribution >= 4 is 5.91 Å². The Morgan fingerprint density at radius 1 is 1.11 bits per heavy atom. The average molecular weight is 266 g/mol. The lowest BCUT2D eigenvalue weighted by molar-refractivity contribution is -0.129. The Kier molecular flexibility index (Phi) is 4.54. The van der Waals surface area contributed by atoms with Crippen molar-refractivity contribution in [3.63, 3.8) is 0 Å². The van der Waals surface area contributed by atoms with E-state index in [-0.39, 0.29) is 5.91 Å². The third kappa shape index (κ3) is 3.71. The van der Waals surface area contributed by atoms with E-state index in [1.807, 2.05) is 0 Å². The molecule has 2 rings (SSSR count). The highest BCUT2D eigenvalue weighted by Gasteiger charge is 2.39. The summed E-state index contributed by atoms with van der Waals surface area (Å²) in [5.41, 5.74) is 5.76. The lowest BCUT2D eigenvalue weighted by Gasteiger charge is -2.38. The van der Waals surface area contributed by atoms with Crippen LogP contribution in [-0.2, 0) is 4.79 Å². The lowest BCUT2D eigenvalue weighted by Crippen LogP contribution is -2.58. The van der Waals surface area contributed by atoms with Gasteiger partial charge in [0.15, 0.2) is 0 Å². The average Bonchev–Trinajstić information content (AvgIpc) is 2.26. The fourth-order valence-electron chi connectivity index (χ4n) is 4.19. The Bertz CT molecular complexity index is 321. The van der Waals surface area contributed by atoms with Crippen LogP contribution in [0.25, 0.3) is 0 Å². The minimum absolute atomic E-state index is 0.102. The zero-order valence-corrected chi connectivity index (χ0v) is 12.7. The standard InChI is InChI=1S/C16H30N2O/c1-11-5-4-6-16(17,10-11)15(19)18-14-8-12(2)7-13(3)9-14/h11-14H,4-10,17H2,1-3H3,(H,18,19). The molecular weight excluding hydrogens is 236 g/mol. The zero-order valence-electron chi connectivity index (χ0n) is 12.7. The van der Waals surface area contributed by atoms with Crippen LogP contribution in [0.4, 0.5) is 0 Å². The summed E-state index contributed by atoms with van der Waals surface area (Å²) < 4.78 is 0. The van der Waals surface area contributed by atoms with Crippen molar-refractivity contribution in [1.82, 2.24) is 5.32 Å². The first-order chi connectivity index (χ1) is 8.89. The molecule has 2 saturated carbocycles. The zero-order chi connectivity index (χ0) is 14.0. The van der Waals surface area contributed by atoms with E-state index in [1.54, 1.807) is 0 Å². The maximum atomic E-state index is 12.5. The Hall–Kier alpha value is -0.570. The van der Waals surface area contributed by atoms with E-state index in [9.17, 15) is 4.79 Å². The molecule has 2 fully saturated rings. The highest BCUT2D eigenvalue weighted by molar-refractivity contribution is 5.86. The number of hydrogen-bond donors (Lipinski definition) is 2. The van der Waals surface area contributed by atoms with E-state index in [1.165, 1.54) is 12.8 Å². The van der Waals surface area contributed by atoms with Crippen LogP contribution in [0.3, 0.4) is 0 Å². The second-order valence-corrected chi connectivity index (χ2v) is 7.45. The third-order valence-electron chi connectivity index (χ3n) is 5.00. The molecule has 110 valence electrons. The molecule has 0 spiro atoms. The van der Waals surface area contributed by atoms with Crippen molar-refractivity contribution in [2.45, 2.75) is 77.3 Å². The summed E-state index contributed by atoms with van der Waals surface area (Å²) in [4.78, 5) is 12.5. The molecule has 0 aromatic carbocycles. The van der Waals surface area contributed by atoms with Gasteiger partial charge in [-0.25, -0.2) is 0 Å². The number of carbonyl (C=O) groups excluding carboxylic acids is 1. The normalized spacial score (nSPS) is 43.8. The smallest absolute Gasteiger partial charge is 0.240 e. The summed E-state index contributed by atoms with van der Waals surface area (Å²) in [6.45, 7) is 6.78. The number of carbonyl (C=O) groups is 1. The van der Waals surface area contributed by atoms with Gasteiger partial charge in [-0.15, -0.1) is 0 Å². The maximum absolute atomic E-state index is 12.5. The number of amides is 1. The molecule has 0 radical (unpaired) electrons. The molecule has 3 N–H and O–H groups in total. The predicted molar refractivity (Wildman–Crippen MR) is 78.7 cm³/mol. The van der Waals surface area contributed by atoms with E-state index in [4.69, 9.17) is 5.73 Å².